The van der Waals surface area contributed by atoms with Crippen LogP contribution in [0, 0.1) is 0 Å². The molecule has 186 valence electrons. The van der Waals surface area contributed by atoms with E-state index >= 15 is 0 Å². The Morgan fingerprint density at radius 1 is 1.03 bits per heavy atom. The molecule has 0 aliphatic carbocycles. The predicted octanol–water partition coefficient (Wildman–Crippen LogP) is 5.07. The lowest BCUT2D eigenvalue weighted by molar-refractivity contribution is 0.0746. The van der Waals surface area contributed by atoms with E-state index in [0.717, 1.165) is 44.6 Å². The number of nitrogens with one attached hydrogen (secondary N) is 2. The number of benzene rings is 3. The fourth-order valence-electron chi connectivity index (χ4n) is 5.19. The quantitative estimate of drug-likeness (QED) is 0.293. The topological polar surface area (TPSA) is 103 Å². The van der Waals surface area contributed by atoms with Crippen LogP contribution in [0.2, 0.25) is 0 Å². The number of nitrogens with zero attached hydrogens (tertiary/aromatic N) is 2. The first kappa shape index (κ1) is 22.7. The highest BCUT2D eigenvalue weighted by molar-refractivity contribution is 6.00. The van der Waals surface area contributed by atoms with Crippen molar-refractivity contribution in [1.29, 1.82) is 0 Å². The van der Waals surface area contributed by atoms with Gasteiger partial charge in [0.2, 0.25) is 0 Å². The van der Waals surface area contributed by atoms with Gasteiger partial charge in [0, 0.05) is 34.8 Å². The van der Waals surface area contributed by atoms with Gasteiger partial charge in [-0.2, -0.15) is 5.10 Å². The van der Waals surface area contributed by atoms with Crippen molar-refractivity contribution in [2.75, 3.05) is 20.8 Å². The highest BCUT2D eigenvalue weighted by atomic mass is 16.5. The summed E-state index contributed by atoms with van der Waals surface area (Å²) in [7, 11) is 3.17. The maximum Gasteiger partial charge on any atom is 0.273 e. The van der Waals surface area contributed by atoms with Crippen molar-refractivity contribution in [3.63, 3.8) is 0 Å². The van der Waals surface area contributed by atoms with Gasteiger partial charge in [-0.3, -0.25) is 9.89 Å². The number of carbonyl (C=O) groups excluding carboxylic acids is 1. The van der Waals surface area contributed by atoms with Gasteiger partial charge in [-0.25, -0.2) is 0 Å². The van der Waals surface area contributed by atoms with Crippen molar-refractivity contribution in [3.8, 4) is 28.5 Å². The van der Waals surface area contributed by atoms with Crippen molar-refractivity contribution in [1.82, 2.24) is 20.1 Å². The van der Waals surface area contributed by atoms with E-state index < -0.39 is 6.04 Å². The number of phenols is 1. The highest BCUT2D eigenvalue weighted by Crippen LogP contribution is 2.44. The van der Waals surface area contributed by atoms with Gasteiger partial charge in [-0.15, -0.1) is 0 Å². The van der Waals surface area contributed by atoms with E-state index in [1.54, 1.807) is 19.2 Å². The van der Waals surface area contributed by atoms with Crippen LogP contribution in [-0.2, 0) is 6.42 Å². The fraction of sp³-hybridized carbons (Fsp3) is 0.172. The lowest BCUT2D eigenvalue weighted by Gasteiger charge is -2.27. The molecule has 0 radical (unpaired) electrons. The number of phenolic OH excluding ortho intramolecular Hbond substituents is 1. The Kier molecular flexibility index (Phi) is 5.56. The summed E-state index contributed by atoms with van der Waals surface area (Å²) in [5.74, 6) is 1.07. The average Bonchev–Trinajstić information content (AvgIpc) is 3.62. The largest absolute Gasteiger partial charge is 0.504 e. The van der Waals surface area contributed by atoms with Crippen LogP contribution in [0.15, 0.2) is 72.9 Å². The standard InChI is InChI=1S/C29H26N4O4/c1-36-20-9-10-22-21(15-20)19(16-30-22)12-13-33-28(18-8-11-23(34)24(14-18)37-2)25-26(17-6-4-3-5-7-17)31-32-27(25)29(33)35/h3-11,14-16,28,30,34H,12-13H2,1-2H3,(H,31,32)/t28-/m0/s1. The molecule has 2 aromatic heterocycles. The van der Waals surface area contributed by atoms with E-state index in [-0.39, 0.29) is 11.7 Å². The molecule has 0 bridgehead atoms. The van der Waals surface area contributed by atoms with Crippen molar-refractivity contribution in [2.24, 2.45) is 0 Å². The zero-order chi connectivity index (χ0) is 25.5. The molecule has 6 rings (SSSR count). The number of carbonyl (C=O) groups is 1. The summed E-state index contributed by atoms with van der Waals surface area (Å²) >= 11 is 0. The van der Waals surface area contributed by atoms with Crippen LogP contribution in [0.4, 0.5) is 0 Å². The van der Waals surface area contributed by atoms with Crippen LogP contribution in [0.3, 0.4) is 0 Å². The van der Waals surface area contributed by atoms with E-state index in [1.807, 2.05) is 65.7 Å². The molecule has 1 atom stereocenters. The summed E-state index contributed by atoms with van der Waals surface area (Å²) in [4.78, 5) is 18.9. The minimum absolute atomic E-state index is 0.0468. The van der Waals surface area contributed by atoms with Gasteiger partial charge in [-0.05, 0) is 47.9 Å². The molecule has 8 heteroatoms. The summed E-state index contributed by atoms with van der Waals surface area (Å²) in [6.45, 7) is 0.480. The number of hydrogen-bond donors (Lipinski definition) is 3. The normalized spacial score (nSPS) is 14.8. The number of ether oxygens (including phenoxy) is 2. The Balaban J connectivity index is 1.42. The molecule has 0 unspecified atom stereocenters. The second-order valence-corrected chi connectivity index (χ2v) is 9.03. The molecule has 37 heavy (non-hydrogen) atoms. The number of fused-ring (bicyclic) bond motifs is 2. The summed E-state index contributed by atoms with van der Waals surface area (Å²) in [5, 5.41) is 18.8. The zero-order valence-corrected chi connectivity index (χ0v) is 20.5. The van der Waals surface area contributed by atoms with Gasteiger partial charge in [0.25, 0.3) is 5.91 Å². The molecule has 1 aliphatic heterocycles. The molecular weight excluding hydrogens is 468 g/mol. The first-order valence-corrected chi connectivity index (χ1v) is 12.0. The van der Waals surface area contributed by atoms with Gasteiger partial charge in [0.1, 0.15) is 11.4 Å². The predicted molar refractivity (Wildman–Crippen MR) is 140 cm³/mol. The maximum absolute atomic E-state index is 13.7. The lowest BCUT2D eigenvalue weighted by Crippen LogP contribution is -2.31. The number of rotatable bonds is 7. The minimum atomic E-state index is -0.398. The summed E-state index contributed by atoms with van der Waals surface area (Å²) in [6, 6.07) is 20.6. The first-order chi connectivity index (χ1) is 18.1. The lowest BCUT2D eigenvalue weighted by atomic mass is 9.95. The van der Waals surface area contributed by atoms with E-state index in [4.69, 9.17) is 9.47 Å². The van der Waals surface area contributed by atoms with Gasteiger partial charge in [0.15, 0.2) is 11.5 Å². The zero-order valence-electron chi connectivity index (χ0n) is 20.5. The third-order valence-corrected chi connectivity index (χ3v) is 7.03. The van der Waals surface area contributed by atoms with Gasteiger partial charge in [-0.1, -0.05) is 36.4 Å². The average molecular weight is 495 g/mol. The molecule has 1 amide bonds. The van der Waals surface area contributed by atoms with Gasteiger partial charge < -0.3 is 24.5 Å². The molecule has 0 saturated carbocycles. The Hall–Kier alpha value is -4.72. The maximum atomic E-state index is 13.7. The van der Waals surface area contributed by atoms with Crippen LogP contribution in [0.25, 0.3) is 22.2 Å². The minimum Gasteiger partial charge on any atom is -0.504 e. The van der Waals surface area contributed by atoms with Crippen molar-refractivity contribution in [3.05, 3.63) is 95.3 Å². The van der Waals surface area contributed by atoms with Crippen LogP contribution in [0.5, 0.6) is 17.2 Å². The third-order valence-electron chi connectivity index (χ3n) is 7.03. The fourth-order valence-corrected chi connectivity index (χ4v) is 5.19. The van der Waals surface area contributed by atoms with Gasteiger partial charge >= 0.3 is 0 Å². The Bertz CT molecular complexity index is 1610. The number of aromatic amines is 2. The molecule has 0 fully saturated rings. The Morgan fingerprint density at radius 2 is 1.86 bits per heavy atom. The number of aromatic hydroxyl groups is 1. The van der Waals surface area contributed by atoms with Crippen LogP contribution >= 0.6 is 0 Å². The molecular formula is C29H26N4O4. The molecule has 3 N–H and O–H groups in total. The summed E-state index contributed by atoms with van der Waals surface area (Å²) in [6.07, 6.45) is 2.63. The second-order valence-electron chi connectivity index (χ2n) is 9.03. The van der Waals surface area contributed by atoms with E-state index in [1.165, 1.54) is 7.11 Å². The number of aromatic nitrogens is 3. The molecule has 0 saturated heterocycles. The molecule has 5 aromatic rings. The Labute approximate surface area is 213 Å². The smallest absolute Gasteiger partial charge is 0.273 e. The molecule has 1 aliphatic rings. The SMILES string of the molecule is COc1ccc2[nH]cc(CCN3C(=O)c4[nH]nc(-c5ccccc5)c4[C@@H]3c3ccc(O)c(OC)c3)c2c1. The van der Waals surface area contributed by atoms with Crippen molar-refractivity contribution in [2.45, 2.75) is 12.5 Å². The van der Waals surface area contributed by atoms with E-state index in [9.17, 15) is 9.90 Å². The summed E-state index contributed by atoms with van der Waals surface area (Å²) < 4.78 is 10.8. The first-order valence-electron chi connectivity index (χ1n) is 12.0. The van der Waals surface area contributed by atoms with Crippen molar-refractivity contribution >= 4 is 16.8 Å². The van der Waals surface area contributed by atoms with Crippen LogP contribution in [-0.4, -0.2) is 51.9 Å². The monoisotopic (exact) mass is 494 g/mol. The molecule has 3 heterocycles. The second kappa shape index (κ2) is 9.05. The van der Waals surface area contributed by atoms with Crippen LogP contribution < -0.4 is 9.47 Å². The number of amides is 1. The summed E-state index contributed by atoms with van der Waals surface area (Å²) in [5.41, 5.74) is 5.92. The number of hydrogen-bond acceptors (Lipinski definition) is 5. The Morgan fingerprint density at radius 3 is 2.65 bits per heavy atom. The molecule has 0 spiro atoms. The molecule has 3 aromatic carbocycles. The highest BCUT2D eigenvalue weighted by Gasteiger charge is 2.42. The number of methoxy groups -OCH3 is 2. The van der Waals surface area contributed by atoms with E-state index in [2.05, 4.69) is 15.2 Å². The van der Waals surface area contributed by atoms with Gasteiger partial charge in [0.05, 0.1) is 26.0 Å². The third kappa shape index (κ3) is 3.78. The van der Waals surface area contributed by atoms with Crippen molar-refractivity contribution < 1.29 is 19.4 Å². The van der Waals surface area contributed by atoms with Crippen LogP contribution in [0.1, 0.15) is 33.2 Å². The number of H-pyrrole nitrogens is 2. The molecule has 8 nitrogen and oxygen atoms in total. The van der Waals surface area contributed by atoms with E-state index in [0.29, 0.717) is 24.4 Å².